The van der Waals surface area contributed by atoms with Crippen molar-refractivity contribution in [3.8, 4) is 28.5 Å². The van der Waals surface area contributed by atoms with Crippen LogP contribution in [0.4, 0.5) is 5.13 Å². The molecule has 0 aliphatic rings. The Labute approximate surface area is 176 Å². The quantitative estimate of drug-likeness (QED) is 0.551. The lowest BCUT2D eigenvalue weighted by Gasteiger charge is -2.09. The number of thiazole rings is 1. The highest BCUT2D eigenvalue weighted by Crippen LogP contribution is 2.35. The minimum absolute atomic E-state index is 0.225. The van der Waals surface area contributed by atoms with Crippen LogP contribution in [0.5, 0.6) is 17.2 Å². The van der Waals surface area contributed by atoms with Gasteiger partial charge in [0.2, 0.25) is 0 Å². The normalized spacial score (nSPS) is 10.4. The van der Waals surface area contributed by atoms with Crippen molar-refractivity contribution in [1.29, 1.82) is 0 Å². The number of hydrogen-bond donors (Lipinski definition) is 1. The molecule has 6 nitrogen and oxygen atoms in total. The minimum atomic E-state index is -0.366. The smallest absolute Gasteiger partial charge is 0.264 e. The predicted molar refractivity (Wildman–Crippen MR) is 111 cm³/mol. The van der Waals surface area contributed by atoms with Crippen LogP contribution in [0.1, 0.15) is 0 Å². The second kappa shape index (κ2) is 9.14. The summed E-state index contributed by atoms with van der Waals surface area (Å²) < 4.78 is 16.1. The molecular formula is C19H16Cl2N2O4S. The Balaban J connectivity index is 1.67. The molecule has 1 amide bonds. The van der Waals surface area contributed by atoms with Gasteiger partial charge in [0.15, 0.2) is 11.7 Å². The highest BCUT2D eigenvalue weighted by atomic mass is 35.5. The van der Waals surface area contributed by atoms with Gasteiger partial charge < -0.3 is 14.2 Å². The van der Waals surface area contributed by atoms with E-state index in [1.54, 1.807) is 44.6 Å². The molecule has 0 unspecified atom stereocenters. The fourth-order valence-electron chi connectivity index (χ4n) is 2.36. The first-order chi connectivity index (χ1) is 13.5. The average molecular weight is 439 g/mol. The van der Waals surface area contributed by atoms with Crippen LogP contribution < -0.4 is 19.5 Å². The van der Waals surface area contributed by atoms with Crippen molar-refractivity contribution in [2.24, 2.45) is 0 Å². The van der Waals surface area contributed by atoms with Crippen molar-refractivity contribution in [2.75, 3.05) is 26.1 Å². The number of ether oxygens (including phenoxy) is 3. The number of nitrogens with one attached hydrogen (secondary N) is 1. The summed E-state index contributed by atoms with van der Waals surface area (Å²) in [4.78, 5) is 16.6. The van der Waals surface area contributed by atoms with Gasteiger partial charge in [-0.2, -0.15) is 0 Å². The van der Waals surface area contributed by atoms with Gasteiger partial charge in [-0.05, 0) is 30.3 Å². The van der Waals surface area contributed by atoms with Gasteiger partial charge in [-0.3, -0.25) is 10.1 Å². The average Bonchev–Trinajstić information content (AvgIpc) is 3.16. The highest BCUT2D eigenvalue weighted by Gasteiger charge is 2.14. The number of carbonyl (C=O) groups is 1. The standard InChI is InChI=1S/C19H16Cl2N2O4S/c1-25-12-4-6-16(26-2)13(8-12)15-10-28-19(22-15)23-18(24)9-27-17-7-11(20)3-5-14(17)21/h3-8,10H,9H2,1-2H3,(H,22,23,24). The van der Waals surface area contributed by atoms with Crippen molar-refractivity contribution in [2.45, 2.75) is 0 Å². The third-order valence-corrected chi connectivity index (χ3v) is 4.99. The largest absolute Gasteiger partial charge is 0.497 e. The summed E-state index contributed by atoms with van der Waals surface area (Å²) in [6.07, 6.45) is 0. The van der Waals surface area contributed by atoms with Crippen LogP contribution in [-0.2, 0) is 4.79 Å². The Bertz CT molecular complexity index is 994. The number of halogens is 2. The molecule has 0 saturated heterocycles. The topological polar surface area (TPSA) is 69.7 Å². The first kappa shape index (κ1) is 20.3. The number of methoxy groups -OCH3 is 2. The molecule has 2 aromatic carbocycles. The van der Waals surface area contributed by atoms with Crippen LogP contribution in [0.15, 0.2) is 41.8 Å². The van der Waals surface area contributed by atoms with E-state index in [9.17, 15) is 4.79 Å². The van der Waals surface area contributed by atoms with Crippen molar-refractivity contribution in [1.82, 2.24) is 4.98 Å². The Morgan fingerprint density at radius 2 is 1.93 bits per heavy atom. The zero-order chi connectivity index (χ0) is 20.1. The number of anilines is 1. The van der Waals surface area contributed by atoms with Gasteiger partial charge in [-0.15, -0.1) is 11.3 Å². The van der Waals surface area contributed by atoms with Crippen molar-refractivity contribution in [3.63, 3.8) is 0 Å². The molecule has 1 N–H and O–H groups in total. The summed E-state index contributed by atoms with van der Waals surface area (Å²) in [5.74, 6) is 1.31. The first-order valence-corrected chi connectivity index (χ1v) is 9.69. The fourth-order valence-corrected chi connectivity index (χ4v) is 3.42. The van der Waals surface area contributed by atoms with Crippen LogP contribution in [0.3, 0.4) is 0 Å². The van der Waals surface area contributed by atoms with E-state index in [0.717, 1.165) is 5.56 Å². The van der Waals surface area contributed by atoms with Crippen LogP contribution >= 0.6 is 34.5 Å². The van der Waals surface area contributed by atoms with Gasteiger partial charge in [0.05, 0.1) is 24.9 Å². The van der Waals surface area contributed by atoms with Crippen molar-refractivity contribution < 1.29 is 19.0 Å². The van der Waals surface area contributed by atoms with Crippen molar-refractivity contribution >= 4 is 45.6 Å². The summed E-state index contributed by atoms with van der Waals surface area (Å²) in [5.41, 5.74) is 1.43. The summed E-state index contributed by atoms with van der Waals surface area (Å²) in [6.45, 7) is -0.225. The maximum absolute atomic E-state index is 12.2. The molecule has 0 saturated carbocycles. The van der Waals surface area contributed by atoms with Gasteiger partial charge in [0, 0.05) is 22.0 Å². The van der Waals surface area contributed by atoms with E-state index in [-0.39, 0.29) is 12.5 Å². The second-order valence-corrected chi connectivity index (χ2v) is 7.22. The van der Waals surface area contributed by atoms with Crippen LogP contribution in [-0.4, -0.2) is 31.7 Å². The zero-order valence-electron chi connectivity index (χ0n) is 15.0. The maximum Gasteiger partial charge on any atom is 0.264 e. The molecule has 0 atom stereocenters. The molecule has 0 radical (unpaired) electrons. The van der Waals surface area contributed by atoms with E-state index in [1.165, 1.54) is 11.3 Å². The molecule has 0 spiro atoms. The number of hydrogen-bond acceptors (Lipinski definition) is 6. The number of carbonyl (C=O) groups excluding carboxylic acids is 1. The van der Waals surface area contributed by atoms with E-state index in [2.05, 4.69) is 10.3 Å². The molecule has 3 aromatic rings. The molecular weight excluding hydrogens is 423 g/mol. The summed E-state index contributed by atoms with van der Waals surface area (Å²) in [7, 11) is 3.17. The molecule has 0 aliphatic heterocycles. The SMILES string of the molecule is COc1ccc(OC)c(-c2csc(NC(=O)COc3cc(Cl)ccc3Cl)n2)c1. The molecule has 9 heteroatoms. The fraction of sp³-hybridized carbons (Fsp3) is 0.158. The Morgan fingerprint density at radius 3 is 2.68 bits per heavy atom. The third-order valence-electron chi connectivity index (χ3n) is 3.69. The van der Waals surface area contributed by atoms with Gasteiger partial charge in [0.25, 0.3) is 5.91 Å². The maximum atomic E-state index is 12.2. The van der Waals surface area contributed by atoms with Crippen LogP contribution in [0.2, 0.25) is 10.0 Å². The van der Waals surface area contributed by atoms with E-state index >= 15 is 0 Å². The molecule has 0 fully saturated rings. The van der Waals surface area contributed by atoms with E-state index in [1.807, 2.05) is 11.4 Å². The third kappa shape index (κ3) is 4.86. The Kier molecular flexibility index (Phi) is 6.61. The molecule has 28 heavy (non-hydrogen) atoms. The molecule has 3 rings (SSSR count). The highest BCUT2D eigenvalue weighted by molar-refractivity contribution is 7.14. The molecule has 0 aliphatic carbocycles. The number of benzene rings is 2. The number of rotatable bonds is 7. The van der Waals surface area contributed by atoms with Gasteiger partial charge in [-0.25, -0.2) is 4.98 Å². The first-order valence-electron chi connectivity index (χ1n) is 8.05. The minimum Gasteiger partial charge on any atom is -0.497 e. The molecule has 0 bridgehead atoms. The zero-order valence-corrected chi connectivity index (χ0v) is 17.3. The van der Waals surface area contributed by atoms with E-state index in [4.69, 9.17) is 37.4 Å². The monoisotopic (exact) mass is 438 g/mol. The summed E-state index contributed by atoms with van der Waals surface area (Å²) >= 11 is 13.2. The van der Waals surface area contributed by atoms with Crippen LogP contribution in [0, 0.1) is 0 Å². The number of amides is 1. The summed E-state index contributed by atoms with van der Waals surface area (Å²) in [6, 6.07) is 10.2. The Morgan fingerprint density at radius 1 is 1.11 bits per heavy atom. The van der Waals surface area contributed by atoms with Crippen molar-refractivity contribution in [3.05, 3.63) is 51.8 Å². The number of aromatic nitrogens is 1. The van der Waals surface area contributed by atoms with Gasteiger partial charge in [-0.1, -0.05) is 23.2 Å². The summed E-state index contributed by atoms with van der Waals surface area (Å²) in [5, 5.41) is 5.80. The Hall–Kier alpha value is -2.48. The van der Waals surface area contributed by atoms with E-state index in [0.29, 0.717) is 38.1 Å². The lowest BCUT2D eigenvalue weighted by atomic mass is 10.1. The molecule has 1 aromatic heterocycles. The molecule has 1 heterocycles. The van der Waals surface area contributed by atoms with E-state index < -0.39 is 0 Å². The van der Waals surface area contributed by atoms with Gasteiger partial charge in [0.1, 0.15) is 17.2 Å². The predicted octanol–water partition coefficient (Wildman–Crippen LogP) is 5.15. The molecule has 146 valence electrons. The lowest BCUT2D eigenvalue weighted by molar-refractivity contribution is -0.118. The van der Waals surface area contributed by atoms with Gasteiger partial charge >= 0.3 is 0 Å². The second-order valence-electron chi connectivity index (χ2n) is 5.52. The van der Waals surface area contributed by atoms with Crippen LogP contribution in [0.25, 0.3) is 11.3 Å². The number of nitrogens with zero attached hydrogens (tertiary/aromatic N) is 1. The lowest BCUT2D eigenvalue weighted by Crippen LogP contribution is -2.20.